The van der Waals surface area contributed by atoms with Crippen LogP contribution in [0.2, 0.25) is 0 Å². The van der Waals surface area contributed by atoms with Gasteiger partial charge in [-0.05, 0) is 116 Å². The van der Waals surface area contributed by atoms with Gasteiger partial charge in [0.2, 0.25) is 0 Å². The van der Waals surface area contributed by atoms with Crippen LogP contribution in [0.15, 0.2) is 30.4 Å². The summed E-state index contributed by atoms with van der Waals surface area (Å²) in [6.45, 7) is 10.2. The zero-order valence-corrected chi connectivity index (χ0v) is 20.2. The van der Waals surface area contributed by atoms with Crippen molar-refractivity contribution in [1.29, 1.82) is 0 Å². The number of fused-ring (bicyclic) bond motifs is 5. The molecule has 32 heavy (non-hydrogen) atoms. The van der Waals surface area contributed by atoms with Crippen molar-refractivity contribution in [3.63, 3.8) is 0 Å². The molecule has 0 amide bonds. The zero-order valence-electron chi connectivity index (χ0n) is 20.2. The molecule has 8 atom stereocenters. The van der Waals surface area contributed by atoms with Gasteiger partial charge in [-0.25, -0.2) is 4.39 Å². The Balaban J connectivity index is 1.26. The maximum absolute atomic E-state index is 13.7. The lowest BCUT2D eigenvalue weighted by Gasteiger charge is -2.56. The monoisotopic (exact) mass is 438 g/mol. The summed E-state index contributed by atoms with van der Waals surface area (Å²) in [4.78, 5) is 0. The highest BCUT2D eigenvalue weighted by atomic mass is 19.1. The van der Waals surface area contributed by atoms with Crippen molar-refractivity contribution in [2.24, 2.45) is 46.8 Å². The van der Waals surface area contributed by atoms with Gasteiger partial charge >= 0.3 is 0 Å². The maximum atomic E-state index is 13.7. The van der Waals surface area contributed by atoms with E-state index in [1.165, 1.54) is 81.9 Å². The standard InChI is InChI=1S/C29H43FN2/c1-4-19-5-8-22-20(15-19)6-9-24-23(22)13-14-29(3)25(10-11-26(24)29)18(2)17-32-28-16-21(30)7-12-27(28)31/h7,12,16,19-20,22-26,32H,2,4-6,8-11,13-15,17,31H2,1,3H3. The highest BCUT2D eigenvalue weighted by Gasteiger charge is 2.57. The molecule has 5 rings (SSSR count). The van der Waals surface area contributed by atoms with Crippen molar-refractivity contribution in [2.75, 3.05) is 17.6 Å². The number of hydrogen-bond acceptors (Lipinski definition) is 2. The van der Waals surface area contributed by atoms with E-state index in [-0.39, 0.29) is 5.82 Å². The van der Waals surface area contributed by atoms with Gasteiger partial charge in [0, 0.05) is 6.54 Å². The average molecular weight is 439 g/mol. The molecule has 0 aliphatic heterocycles. The molecule has 0 heterocycles. The molecule has 0 saturated heterocycles. The van der Waals surface area contributed by atoms with Gasteiger partial charge in [-0.15, -0.1) is 0 Å². The molecule has 4 aliphatic rings. The molecule has 3 heteroatoms. The van der Waals surface area contributed by atoms with Gasteiger partial charge in [0.1, 0.15) is 5.82 Å². The first-order valence-electron chi connectivity index (χ1n) is 13.4. The van der Waals surface area contributed by atoms with Crippen LogP contribution in [0, 0.1) is 52.7 Å². The molecule has 3 N–H and O–H groups in total. The lowest BCUT2D eigenvalue weighted by atomic mass is 9.49. The van der Waals surface area contributed by atoms with Crippen LogP contribution in [0.5, 0.6) is 0 Å². The van der Waals surface area contributed by atoms with E-state index < -0.39 is 0 Å². The molecule has 2 nitrogen and oxygen atoms in total. The van der Waals surface area contributed by atoms with E-state index >= 15 is 0 Å². The van der Waals surface area contributed by atoms with E-state index in [0.29, 0.717) is 29.3 Å². The fraction of sp³-hybridized carbons (Fsp3) is 0.724. The molecule has 4 fully saturated rings. The van der Waals surface area contributed by atoms with Crippen LogP contribution >= 0.6 is 0 Å². The summed E-state index contributed by atoms with van der Waals surface area (Å²) >= 11 is 0. The number of nitrogens with two attached hydrogens (primary N) is 1. The van der Waals surface area contributed by atoms with Crippen molar-refractivity contribution in [1.82, 2.24) is 0 Å². The highest BCUT2D eigenvalue weighted by Crippen LogP contribution is 2.65. The van der Waals surface area contributed by atoms with Crippen LogP contribution in [0.25, 0.3) is 0 Å². The Bertz CT molecular complexity index is 850. The third kappa shape index (κ3) is 3.78. The number of rotatable bonds is 5. The number of hydrogen-bond donors (Lipinski definition) is 2. The second kappa shape index (κ2) is 8.69. The normalized spacial score (nSPS) is 40.8. The van der Waals surface area contributed by atoms with Gasteiger partial charge in [-0.3, -0.25) is 0 Å². The van der Waals surface area contributed by atoms with E-state index in [0.717, 1.165) is 35.5 Å². The van der Waals surface area contributed by atoms with Gasteiger partial charge in [0.15, 0.2) is 0 Å². The number of benzene rings is 1. The third-order valence-corrected chi connectivity index (χ3v) is 10.7. The summed E-state index contributed by atoms with van der Waals surface area (Å²) in [6, 6.07) is 4.55. The van der Waals surface area contributed by atoms with E-state index in [4.69, 9.17) is 5.73 Å². The SMILES string of the molecule is C=C(CNc1cc(F)ccc1N)C1CCC2C3CCC4CC(CC)CCC4C3CCC12C. The van der Waals surface area contributed by atoms with Gasteiger partial charge in [0.05, 0.1) is 11.4 Å². The minimum Gasteiger partial charge on any atom is -0.397 e. The summed E-state index contributed by atoms with van der Waals surface area (Å²) in [5.74, 6) is 6.16. The van der Waals surface area contributed by atoms with Crippen molar-refractivity contribution in [2.45, 2.75) is 78.1 Å². The maximum Gasteiger partial charge on any atom is 0.125 e. The van der Waals surface area contributed by atoms with Crippen molar-refractivity contribution < 1.29 is 4.39 Å². The minimum atomic E-state index is -0.248. The molecular formula is C29H43FN2. The summed E-state index contributed by atoms with van der Waals surface area (Å²) in [7, 11) is 0. The van der Waals surface area contributed by atoms with Crippen LogP contribution in [0.3, 0.4) is 0 Å². The highest BCUT2D eigenvalue weighted by molar-refractivity contribution is 5.66. The Hall–Kier alpha value is -1.51. The molecule has 0 spiro atoms. The summed E-state index contributed by atoms with van der Waals surface area (Å²) in [6.07, 6.45) is 14.3. The Labute approximate surface area is 194 Å². The molecule has 0 aromatic heterocycles. The second-order valence-electron chi connectivity index (χ2n) is 11.9. The van der Waals surface area contributed by atoms with Crippen LogP contribution in [-0.2, 0) is 0 Å². The molecule has 4 saturated carbocycles. The topological polar surface area (TPSA) is 38.0 Å². The van der Waals surface area contributed by atoms with Gasteiger partial charge in [-0.1, -0.05) is 38.8 Å². The average Bonchev–Trinajstić information content (AvgIpc) is 3.16. The zero-order chi connectivity index (χ0) is 22.5. The van der Waals surface area contributed by atoms with E-state index in [1.807, 2.05) is 0 Å². The first kappa shape index (κ1) is 22.3. The van der Waals surface area contributed by atoms with Crippen LogP contribution in [-0.4, -0.2) is 6.54 Å². The molecule has 176 valence electrons. The first-order valence-corrected chi connectivity index (χ1v) is 13.4. The molecule has 8 unspecified atom stereocenters. The predicted octanol–water partition coefficient (Wildman–Crippen LogP) is 7.67. The quantitative estimate of drug-likeness (QED) is 0.365. The second-order valence-corrected chi connectivity index (χ2v) is 11.9. The molecule has 0 radical (unpaired) electrons. The molecule has 4 aliphatic carbocycles. The Morgan fingerprint density at radius 1 is 1.09 bits per heavy atom. The van der Waals surface area contributed by atoms with Crippen molar-refractivity contribution >= 4 is 11.4 Å². The van der Waals surface area contributed by atoms with Gasteiger partial charge in [-0.2, -0.15) is 0 Å². The lowest BCUT2D eigenvalue weighted by Crippen LogP contribution is -2.48. The molecule has 0 bridgehead atoms. The number of nitrogens with one attached hydrogen (secondary N) is 1. The fourth-order valence-electron chi connectivity index (χ4n) is 9.01. The predicted molar refractivity (Wildman–Crippen MR) is 133 cm³/mol. The molecule has 1 aromatic rings. The summed E-state index contributed by atoms with van der Waals surface area (Å²) in [5.41, 5.74) is 9.01. The minimum absolute atomic E-state index is 0.248. The van der Waals surface area contributed by atoms with Gasteiger partial charge in [0.25, 0.3) is 0 Å². The number of halogens is 1. The summed E-state index contributed by atoms with van der Waals surface area (Å²) in [5, 5.41) is 3.38. The molecular weight excluding hydrogens is 395 g/mol. The molecule has 1 aromatic carbocycles. The third-order valence-electron chi connectivity index (χ3n) is 10.7. The van der Waals surface area contributed by atoms with Crippen LogP contribution in [0.4, 0.5) is 15.8 Å². The lowest BCUT2D eigenvalue weighted by molar-refractivity contribution is -0.0645. The summed E-state index contributed by atoms with van der Waals surface area (Å²) < 4.78 is 13.7. The number of anilines is 2. The largest absolute Gasteiger partial charge is 0.397 e. The number of nitrogen functional groups attached to an aromatic ring is 1. The van der Waals surface area contributed by atoms with E-state index in [2.05, 4.69) is 25.7 Å². The van der Waals surface area contributed by atoms with Crippen molar-refractivity contribution in [3.8, 4) is 0 Å². The van der Waals surface area contributed by atoms with Crippen LogP contribution < -0.4 is 11.1 Å². The fourth-order valence-corrected chi connectivity index (χ4v) is 9.01. The Morgan fingerprint density at radius 2 is 1.91 bits per heavy atom. The Kier molecular flexibility index (Phi) is 6.05. The van der Waals surface area contributed by atoms with Crippen LogP contribution in [0.1, 0.15) is 78.1 Å². The smallest absolute Gasteiger partial charge is 0.125 e. The van der Waals surface area contributed by atoms with E-state index in [9.17, 15) is 4.39 Å². The first-order chi connectivity index (χ1) is 15.4. The Morgan fingerprint density at radius 3 is 2.72 bits per heavy atom. The van der Waals surface area contributed by atoms with Crippen molar-refractivity contribution in [3.05, 3.63) is 36.2 Å². The van der Waals surface area contributed by atoms with Gasteiger partial charge < -0.3 is 11.1 Å². The van der Waals surface area contributed by atoms with E-state index in [1.54, 1.807) is 6.07 Å².